The molecule has 0 bridgehead atoms. The van der Waals surface area contributed by atoms with Crippen LogP contribution in [0.1, 0.15) is 19.8 Å². The van der Waals surface area contributed by atoms with Gasteiger partial charge in [-0.05, 0) is 19.8 Å². The van der Waals surface area contributed by atoms with E-state index in [1.807, 2.05) is 6.92 Å². The van der Waals surface area contributed by atoms with Gasteiger partial charge in [-0.1, -0.05) is 0 Å². The molecule has 0 aromatic rings. The van der Waals surface area contributed by atoms with Crippen LogP contribution in [0.25, 0.3) is 0 Å². The van der Waals surface area contributed by atoms with Gasteiger partial charge in [-0.3, -0.25) is 4.90 Å². The van der Waals surface area contributed by atoms with E-state index in [-0.39, 0.29) is 0 Å². The van der Waals surface area contributed by atoms with Crippen molar-refractivity contribution in [3.8, 4) is 0 Å². The summed E-state index contributed by atoms with van der Waals surface area (Å²) in [7, 11) is 1.72. The van der Waals surface area contributed by atoms with Crippen molar-refractivity contribution in [3.63, 3.8) is 0 Å². The molecule has 1 unspecified atom stereocenters. The quantitative estimate of drug-likeness (QED) is 0.725. The number of carboxylic acids is 1. The number of ether oxygens (including phenoxy) is 2. The molecule has 0 saturated carbocycles. The number of piperidine rings is 1. The summed E-state index contributed by atoms with van der Waals surface area (Å²) in [5.41, 5.74) is 0. The highest BCUT2D eigenvalue weighted by Crippen LogP contribution is 2.13. The Kier molecular flexibility index (Phi) is 5.73. The van der Waals surface area contributed by atoms with Crippen molar-refractivity contribution in [2.45, 2.75) is 32.0 Å². The van der Waals surface area contributed by atoms with Gasteiger partial charge in [0.15, 0.2) is 6.10 Å². The number of rotatable bonds is 6. The van der Waals surface area contributed by atoms with Gasteiger partial charge in [0.2, 0.25) is 0 Å². The van der Waals surface area contributed by atoms with Crippen LogP contribution in [0.3, 0.4) is 0 Å². The number of carboxylic acid groups (broad SMARTS) is 1. The van der Waals surface area contributed by atoms with Crippen molar-refractivity contribution in [1.82, 2.24) is 4.90 Å². The van der Waals surface area contributed by atoms with E-state index < -0.39 is 12.1 Å². The van der Waals surface area contributed by atoms with Crippen LogP contribution in [-0.4, -0.2) is 61.5 Å². The normalized spacial score (nSPS) is 20.9. The maximum absolute atomic E-state index is 10.9. The molecule has 0 radical (unpaired) electrons. The van der Waals surface area contributed by atoms with Crippen LogP contribution in [0.15, 0.2) is 0 Å². The second-order valence-electron chi connectivity index (χ2n) is 4.02. The lowest BCUT2D eigenvalue weighted by molar-refractivity contribution is -0.151. The van der Waals surface area contributed by atoms with Crippen LogP contribution < -0.4 is 0 Å². The summed E-state index contributed by atoms with van der Waals surface area (Å²) in [6.45, 7) is 4.49. The minimum absolute atomic E-state index is 0.326. The summed E-state index contributed by atoms with van der Waals surface area (Å²) in [5.74, 6) is -0.879. The largest absolute Gasteiger partial charge is 0.479 e. The third-order valence-corrected chi connectivity index (χ3v) is 2.94. The highest BCUT2D eigenvalue weighted by molar-refractivity contribution is 5.72. The molecule has 94 valence electrons. The monoisotopic (exact) mass is 231 g/mol. The number of likely N-dealkylation sites (tertiary alicyclic amines) is 1. The third-order valence-electron chi connectivity index (χ3n) is 2.94. The van der Waals surface area contributed by atoms with Gasteiger partial charge in [0.1, 0.15) is 0 Å². The first-order chi connectivity index (χ1) is 7.67. The Morgan fingerprint density at radius 2 is 2.12 bits per heavy atom. The van der Waals surface area contributed by atoms with Crippen molar-refractivity contribution < 1.29 is 19.4 Å². The summed E-state index contributed by atoms with van der Waals surface area (Å²) < 4.78 is 10.5. The lowest BCUT2D eigenvalue weighted by atomic mass is 10.1. The Morgan fingerprint density at radius 1 is 1.50 bits per heavy atom. The first-order valence-electron chi connectivity index (χ1n) is 5.77. The summed E-state index contributed by atoms with van der Waals surface area (Å²) in [6, 6.07) is 0. The Labute approximate surface area is 96.3 Å². The number of nitrogens with zero attached hydrogens (tertiary/aromatic N) is 1. The molecule has 0 aliphatic carbocycles. The average Bonchev–Trinajstić information content (AvgIpc) is 2.29. The predicted octanol–water partition coefficient (Wildman–Crippen LogP) is 0.587. The standard InChI is InChI=1S/C11H21NO4/c1-3-16-10(11(13)14)8-12-6-4-9(15-2)5-7-12/h9-10H,3-8H2,1-2H3,(H,13,14). The fourth-order valence-electron chi connectivity index (χ4n) is 1.97. The minimum atomic E-state index is -0.879. The molecule has 1 heterocycles. The maximum Gasteiger partial charge on any atom is 0.334 e. The van der Waals surface area contributed by atoms with Gasteiger partial charge in [0.05, 0.1) is 6.10 Å². The van der Waals surface area contributed by atoms with Crippen LogP contribution in [0, 0.1) is 0 Å². The molecular weight excluding hydrogens is 210 g/mol. The van der Waals surface area contributed by atoms with Crippen LogP contribution in [0.5, 0.6) is 0 Å². The van der Waals surface area contributed by atoms with Crippen molar-refractivity contribution in [3.05, 3.63) is 0 Å². The Hall–Kier alpha value is -0.650. The number of hydrogen-bond donors (Lipinski definition) is 1. The molecule has 16 heavy (non-hydrogen) atoms. The van der Waals surface area contributed by atoms with Crippen LogP contribution >= 0.6 is 0 Å². The van der Waals surface area contributed by atoms with Crippen LogP contribution in [-0.2, 0) is 14.3 Å². The number of aliphatic carboxylic acids is 1. The molecule has 0 amide bonds. The lowest BCUT2D eigenvalue weighted by Gasteiger charge is -2.32. The lowest BCUT2D eigenvalue weighted by Crippen LogP contribution is -2.44. The first kappa shape index (κ1) is 13.4. The molecule has 5 heteroatoms. The Morgan fingerprint density at radius 3 is 2.56 bits per heavy atom. The van der Waals surface area contributed by atoms with Gasteiger partial charge in [-0.25, -0.2) is 4.79 Å². The van der Waals surface area contributed by atoms with Gasteiger partial charge in [0, 0.05) is 33.4 Å². The Balaban J connectivity index is 2.33. The Bertz CT molecular complexity index is 214. The van der Waals surface area contributed by atoms with Gasteiger partial charge in [-0.2, -0.15) is 0 Å². The number of hydrogen-bond acceptors (Lipinski definition) is 4. The highest BCUT2D eigenvalue weighted by Gasteiger charge is 2.25. The summed E-state index contributed by atoms with van der Waals surface area (Å²) in [5, 5.41) is 8.96. The first-order valence-corrected chi connectivity index (χ1v) is 5.77. The zero-order valence-electron chi connectivity index (χ0n) is 10.0. The number of carbonyl (C=O) groups is 1. The smallest absolute Gasteiger partial charge is 0.334 e. The van der Waals surface area contributed by atoms with E-state index in [1.165, 1.54) is 0 Å². The summed E-state index contributed by atoms with van der Waals surface area (Å²) >= 11 is 0. The fraction of sp³-hybridized carbons (Fsp3) is 0.909. The van der Waals surface area contributed by atoms with E-state index in [2.05, 4.69) is 4.90 Å². The van der Waals surface area contributed by atoms with Gasteiger partial charge in [0.25, 0.3) is 0 Å². The van der Waals surface area contributed by atoms with Crippen molar-refractivity contribution in [1.29, 1.82) is 0 Å². The second kappa shape index (κ2) is 6.83. The molecule has 5 nitrogen and oxygen atoms in total. The van der Waals surface area contributed by atoms with E-state index in [4.69, 9.17) is 14.6 Å². The molecule has 1 aliphatic heterocycles. The van der Waals surface area contributed by atoms with Gasteiger partial charge >= 0.3 is 5.97 Å². The number of methoxy groups -OCH3 is 1. The van der Waals surface area contributed by atoms with E-state index in [1.54, 1.807) is 7.11 Å². The zero-order valence-corrected chi connectivity index (χ0v) is 10.0. The third kappa shape index (κ3) is 4.08. The van der Waals surface area contributed by atoms with E-state index in [0.29, 0.717) is 19.3 Å². The van der Waals surface area contributed by atoms with Crippen LogP contribution in [0.2, 0.25) is 0 Å². The molecule has 1 rings (SSSR count). The molecule has 1 atom stereocenters. The van der Waals surface area contributed by atoms with E-state index in [0.717, 1.165) is 25.9 Å². The minimum Gasteiger partial charge on any atom is -0.479 e. The zero-order chi connectivity index (χ0) is 12.0. The molecule has 1 saturated heterocycles. The molecule has 0 spiro atoms. The molecule has 1 N–H and O–H groups in total. The predicted molar refractivity (Wildman–Crippen MR) is 59.5 cm³/mol. The van der Waals surface area contributed by atoms with Crippen molar-refractivity contribution in [2.75, 3.05) is 33.4 Å². The van der Waals surface area contributed by atoms with Crippen LogP contribution in [0.4, 0.5) is 0 Å². The van der Waals surface area contributed by atoms with E-state index in [9.17, 15) is 4.79 Å². The second-order valence-corrected chi connectivity index (χ2v) is 4.02. The van der Waals surface area contributed by atoms with Crippen molar-refractivity contribution in [2.24, 2.45) is 0 Å². The molecule has 1 fully saturated rings. The highest BCUT2D eigenvalue weighted by atomic mass is 16.5. The molecular formula is C11H21NO4. The van der Waals surface area contributed by atoms with Gasteiger partial charge < -0.3 is 14.6 Å². The summed E-state index contributed by atoms with van der Waals surface area (Å²) in [6.07, 6.45) is 1.56. The SMILES string of the molecule is CCOC(CN1CCC(OC)CC1)C(=O)O. The summed E-state index contributed by atoms with van der Waals surface area (Å²) in [4.78, 5) is 13.0. The van der Waals surface area contributed by atoms with E-state index >= 15 is 0 Å². The van der Waals surface area contributed by atoms with Gasteiger partial charge in [-0.15, -0.1) is 0 Å². The average molecular weight is 231 g/mol. The molecule has 0 aromatic carbocycles. The fourth-order valence-corrected chi connectivity index (χ4v) is 1.97. The molecule has 1 aliphatic rings. The molecule has 0 aromatic heterocycles. The maximum atomic E-state index is 10.9. The topological polar surface area (TPSA) is 59.0 Å². The van der Waals surface area contributed by atoms with Crippen molar-refractivity contribution >= 4 is 5.97 Å².